The third-order valence-electron chi connectivity index (χ3n) is 4.70. The summed E-state index contributed by atoms with van der Waals surface area (Å²) in [6.45, 7) is 2.87. The first kappa shape index (κ1) is 22.4. The molecule has 4 aromatic rings. The van der Waals surface area contributed by atoms with Crippen LogP contribution in [-0.4, -0.2) is 16.6 Å². The molecule has 0 aliphatic rings. The van der Waals surface area contributed by atoms with Crippen LogP contribution in [0.5, 0.6) is 11.5 Å². The Labute approximate surface area is 208 Å². The molecule has 0 bridgehead atoms. The van der Waals surface area contributed by atoms with Gasteiger partial charge in [-0.1, -0.05) is 40.2 Å². The lowest BCUT2D eigenvalue weighted by Gasteiger charge is -2.15. The zero-order valence-electron chi connectivity index (χ0n) is 17.2. The standard InChI is InChI=1S/C25H19BrIN3O2/c1-2-31-23-13-17(11-18(14-28)25-29-21-5-3-4-6-22(21)30-25)12-20(27)24(23)32-15-16-7-9-19(26)10-8-16/h3-13H,2,15H2,1H3,(H,29,30)/b18-11-. The van der Waals surface area contributed by atoms with Crippen molar-refractivity contribution < 1.29 is 9.47 Å². The number of allylic oxidation sites excluding steroid dienone is 1. The number of halogens is 2. The molecule has 0 aliphatic carbocycles. The number of hydrogen-bond acceptors (Lipinski definition) is 4. The van der Waals surface area contributed by atoms with Gasteiger partial charge in [-0.2, -0.15) is 5.26 Å². The van der Waals surface area contributed by atoms with Crippen LogP contribution in [0.4, 0.5) is 0 Å². The SMILES string of the molecule is CCOc1cc(/C=C(/C#N)c2nc3ccccc3[nH]2)cc(I)c1OCc1ccc(Br)cc1. The normalized spacial score (nSPS) is 11.4. The molecule has 0 saturated heterocycles. The van der Waals surface area contributed by atoms with Crippen LogP contribution in [0.25, 0.3) is 22.7 Å². The molecule has 5 nitrogen and oxygen atoms in total. The lowest BCUT2D eigenvalue weighted by atomic mass is 10.1. The molecule has 1 aromatic heterocycles. The molecule has 4 rings (SSSR count). The Kier molecular flexibility index (Phi) is 7.12. The fourth-order valence-electron chi connectivity index (χ4n) is 3.21. The number of nitrogens with zero attached hydrogens (tertiary/aromatic N) is 2. The highest BCUT2D eigenvalue weighted by molar-refractivity contribution is 14.1. The van der Waals surface area contributed by atoms with Crippen molar-refractivity contribution in [3.63, 3.8) is 0 Å². The molecule has 0 amide bonds. The van der Waals surface area contributed by atoms with Gasteiger partial charge in [-0.25, -0.2) is 4.98 Å². The fourth-order valence-corrected chi connectivity index (χ4v) is 4.26. The van der Waals surface area contributed by atoms with E-state index < -0.39 is 0 Å². The van der Waals surface area contributed by atoms with Crippen molar-refractivity contribution in [2.45, 2.75) is 13.5 Å². The third-order valence-corrected chi connectivity index (χ3v) is 6.03. The molecular weight excluding hydrogens is 581 g/mol. The number of benzene rings is 3. The zero-order valence-corrected chi connectivity index (χ0v) is 21.0. The van der Waals surface area contributed by atoms with Crippen molar-refractivity contribution in [2.75, 3.05) is 6.61 Å². The van der Waals surface area contributed by atoms with Gasteiger partial charge in [-0.3, -0.25) is 0 Å². The predicted octanol–water partition coefficient (Wildman–Crippen LogP) is 6.97. The molecule has 0 unspecified atom stereocenters. The maximum absolute atomic E-state index is 9.75. The Bertz CT molecular complexity index is 1290. The van der Waals surface area contributed by atoms with Crippen molar-refractivity contribution in [1.29, 1.82) is 5.26 Å². The van der Waals surface area contributed by atoms with Crippen LogP contribution in [0.2, 0.25) is 0 Å². The highest BCUT2D eigenvalue weighted by Gasteiger charge is 2.14. The van der Waals surface area contributed by atoms with Crippen LogP contribution < -0.4 is 9.47 Å². The van der Waals surface area contributed by atoms with E-state index in [0.717, 1.165) is 30.2 Å². The van der Waals surface area contributed by atoms with E-state index in [2.05, 4.69) is 54.6 Å². The minimum Gasteiger partial charge on any atom is -0.490 e. The van der Waals surface area contributed by atoms with Gasteiger partial charge in [-0.05, 0) is 83.1 Å². The first-order valence-corrected chi connectivity index (χ1v) is 11.8. The Morgan fingerprint density at radius 1 is 1.16 bits per heavy atom. The number of hydrogen-bond donors (Lipinski definition) is 1. The number of fused-ring (bicyclic) bond motifs is 1. The van der Waals surface area contributed by atoms with Gasteiger partial charge in [0, 0.05) is 4.47 Å². The molecule has 0 radical (unpaired) electrons. The van der Waals surface area contributed by atoms with E-state index >= 15 is 0 Å². The summed E-state index contributed by atoms with van der Waals surface area (Å²) in [5.41, 5.74) is 4.07. The van der Waals surface area contributed by atoms with Crippen LogP contribution in [-0.2, 0) is 6.61 Å². The number of rotatable bonds is 7. The Balaban J connectivity index is 1.65. The number of ether oxygens (including phenoxy) is 2. The number of nitrogens with one attached hydrogen (secondary N) is 1. The summed E-state index contributed by atoms with van der Waals surface area (Å²) in [7, 11) is 0. The van der Waals surface area contributed by atoms with Crippen molar-refractivity contribution >= 4 is 61.2 Å². The van der Waals surface area contributed by atoms with Crippen molar-refractivity contribution in [1.82, 2.24) is 9.97 Å². The maximum atomic E-state index is 9.75. The van der Waals surface area contributed by atoms with Crippen LogP contribution in [0.3, 0.4) is 0 Å². The largest absolute Gasteiger partial charge is 0.490 e. The third kappa shape index (κ3) is 5.14. The summed E-state index contributed by atoms with van der Waals surface area (Å²) in [5, 5.41) is 9.75. The highest BCUT2D eigenvalue weighted by atomic mass is 127. The summed E-state index contributed by atoms with van der Waals surface area (Å²) in [5.74, 6) is 1.87. The molecule has 1 N–H and O–H groups in total. The Morgan fingerprint density at radius 2 is 1.94 bits per heavy atom. The highest BCUT2D eigenvalue weighted by Crippen LogP contribution is 2.36. The van der Waals surface area contributed by atoms with Crippen LogP contribution in [0.15, 0.2) is 65.1 Å². The van der Waals surface area contributed by atoms with E-state index in [1.165, 1.54) is 0 Å². The van der Waals surface area contributed by atoms with Gasteiger partial charge < -0.3 is 14.5 Å². The van der Waals surface area contributed by atoms with E-state index in [1.807, 2.05) is 67.6 Å². The van der Waals surface area contributed by atoms with Gasteiger partial charge in [0.25, 0.3) is 0 Å². The van der Waals surface area contributed by atoms with Crippen molar-refractivity contribution in [2.24, 2.45) is 0 Å². The Morgan fingerprint density at radius 3 is 2.66 bits per heavy atom. The number of para-hydroxylation sites is 2. The molecule has 160 valence electrons. The summed E-state index contributed by atoms with van der Waals surface area (Å²) >= 11 is 5.68. The first-order chi connectivity index (χ1) is 15.6. The second kappa shape index (κ2) is 10.2. The lowest BCUT2D eigenvalue weighted by Crippen LogP contribution is -2.02. The van der Waals surface area contributed by atoms with E-state index in [-0.39, 0.29) is 0 Å². The molecule has 0 atom stereocenters. The average molecular weight is 600 g/mol. The molecule has 0 aliphatic heterocycles. The van der Waals surface area contributed by atoms with Gasteiger partial charge in [0.2, 0.25) is 0 Å². The summed E-state index contributed by atoms with van der Waals surface area (Å²) < 4.78 is 13.9. The first-order valence-electron chi connectivity index (χ1n) is 9.98. The summed E-state index contributed by atoms with van der Waals surface area (Å²) in [4.78, 5) is 7.75. The lowest BCUT2D eigenvalue weighted by molar-refractivity contribution is 0.267. The smallest absolute Gasteiger partial charge is 0.175 e. The van der Waals surface area contributed by atoms with Crippen LogP contribution >= 0.6 is 38.5 Å². The quantitative estimate of drug-likeness (QED) is 0.184. The summed E-state index contributed by atoms with van der Waals surface area (Å²) in [6.07, 6.45) is 1.81. The second-order valence-electron chi connectivity index (χ2n) is 6.95. The minimum atomic E-state index is 0.432. The second-order valence-corrected chi connectivity index (χ2v) is 9.03. The van der Waals surface area contributed by atoms with E-state index in [4.69, 9.17) is 9.47 Å². The number of aromatic amines is 1. The fraction of sp³-hybridized carbons (Fsp3) is 0.120. The van der Waals surface area contributed by atoms with E-state index in [1.54, 1.807) is 6.08 Å². The van der Waals surface area contributed by atoms with Crippen molar-refractivity contribution in [3.05, 3.63) is 85.7 Å². The van der Waals surface area contributed by atoms with Crippen LogP contribution in [0.1, 0.15) is 23.9 Å². The van der Waals surface area contributed by atoms with E-state index in [9.17, 15) is 5.26 Å². The monoisotopic (exact) mass is 599 g/mol. The zero-order chi connectivity index (χ0) is 22.5. The average Bonchev–Trinajstić information content (AvgIpc) is 3.22. The van der Waals surface area contributed by atoms with Gasteiger partial charge in [0.15, 0.2) is 11.5 Å². The number of aromatic nitrogens is 2. The van der Waals surface area contributed by atoms with Crippen LogP contribution in [0, 0.1) is 14.9 Å². The molecule has 0 saturated carbocycles. The molecule has 1 heterocycles. The van der Waals surface area contributed by atoms with E-state index in [0.29, 0.717) is 36.1 Å². The summed E-state index contributed by atoms with van der Waals surface area (Å²) in [6, 6.07) is 21.8. The van der Waals surface area contributed by atoms with Gasteiger partial charge in [-0.15, -0.1) is 0 Å². The number of imidazole rings is 1. The number of H-pyrrole nitrogens is 1. The molecule has 7 heteroatoms. The maximum Gasteiger partial charge on any atom is 0.175 e. The molecule has 3 aromatic carbocycles. The van der Waals surface area contributed by atoms with Gasteiger partial charge >= 0.3 is 0 Å². The predicted molar refractivity (Wildman–Crippen MR) is 138 cm³/mol. The molecule has 0 fully saturated rings. The Hall–Kier alpha value is -2.83. The number of nitriles is 1. The van der Waals surface area contributed by atoms with Gasteiger partial charge in [0.1, 0.15) is 18.5 Å². The minimum absolute atomic E-state index is 0.432. The molecule has 0 spiro atoms. The molecule has 32 heavy (non-hydrogen) atoms. The topological polar surface area (TPSA) is 70.9 Å². The van der Waals surface area contributed by atoms with Gasteiger partial charge in [0.05, 0.1) is 26.8 Å². The van der Waals surface area contributed by atoms with Crippen molar-refractivity contribution in [3.8, 4) is 17.6 Å². The molecular formula is C25H19BrIN3O2.